The van der Waals surface area contributed by atoms with Crippen LogP contribution in [0.5, 0.6) is 5.75 Å². The van der Waals surface area contributed by atoms with Crippen LogP contribution in [0.1, 0.15) is 30.5 Å². The molecule has 1 saturated heterocycles. The van der Waals surface area contributed by atoms with Gasteiger partial charge in [-0.3, -0.25) is 0 Å². The molecule has 0 spiro atoms. The zero-order valence-corrected chi connectivity index (χ0v) is 10.2. The van der Waals surface area contributed by atoms with Crippen LogP contribution >= 0.6 is 0 Å². The van der Waals surface area contributed by atoms with Crippen LogP contribution < -0.4 is 5.32 Å². The number of phenols is 1. The van der Waals surface area contributed by atoms with E-state index in [1.807, 2.05) is 6.07 Å². The minimum absolute atomic E-state index is 0.319. The minimum atomic E-state index is 0.319. The number of ether oxygens (including phenoxy) is 1. The van der Waals surface area contributed by atoms with Crippen LogP contribution in [0.15, 0.2) is 18.2 Å². The van der Waals surface area contributed by atoms with E-state index in [1.54, 1.807) is 6.07 Å². The Labute approximate surface area is 102 Å². The summed E-state index contributed by atoms with van der Waals surface area (Å²) in [6.07, 6.45) is 2.20. The summed E-state index contributed by atoms with van der Waals surface area (Å²) in [7, 11) is 0. The predicted octanol–water partition coefficient (Wildman–Crippen LogP) is 2.01. The van der Waals surface area contributed by atoms with Gasteiger partial charge in [-0.05, 0) is 36.1 Å². The van der Waals surface area contributed by atoms with Crippen LogP contribution in [-0.2, 0) is 11.2 Å². The van der Waals surface area contributed by atoms with E-state index in [0.29, 0.717) is 17.2 Å². The van der Waals surface area contributed by atoms with Gasteiger partial charge in [0.1, 0.15) is 5.75 Å². The molecule has 3 heteroatoms. The van der Waals surface area contributed by atoms with Crippen molar-refractivity contribution >= 4 is 0 Å². The Hall–Kier alpha value is -1.06. The third kappa shape index (κ3) is 2.05. The summed E-state index contributed by atoms with van der Waals surface area (Å²) in [4.78, 5) is 0. The van der Waals surface area contributed by atoms with Crippen molar-refractivity contribution in [2.24, 2.45) is 5.41 Å². The maximum absolute atomic E-state index is 9.45. The summed E-state index contributed by atoms with van der Waals surface area (Å²) >= 11 is 0. The minimum Gasteiger partial charge on any atom is -0.508 e. The molecule has 1 aliphatic heterocycles. The van der Waals surface area contributed by atoms with Crippen molar-refractivity contribution in [3.8, 4) is 5.75 Å². The standard InChI is InChI=1S/C14H19NO2/c1-14(8-17-9-14)7-15-13-5-2-10-6-11(16)3-4-12(10)13/h3-4,6,13,15-16H,2,5,7-9H2,1H3. The van der Waals surface area contributed by atoms with Gasteiger partial charge in [-0.15, -0.1) is 0 Å². The van der Waals surface area contributed by atoms with Crippen LogP contribution in [0.4, 0.5) is 0 Å². The van der Waals surface area contributed by atoms with E-state index in [-0.39, 0.29) is 0 Å². The van der Waals surface area contributed by atoms with Gasteiger partial charge in [0, 0.05) is 18.0 Å². The van der Waals surface area contributed by atoms with Crippen LogP contribution in [0.3, 0.4) is 0 Å². The molecule has 2 aliphatic rings. The lowest BCUT2D eigenvalue weighted by Gasteiger charge is -2.39. The molecule has 1 aromatic rings. The first-order valence-corrected chi connectivity index (χ1v) is 6.29. The van der Waals surface area contributed by atoms with Crippen molar-refractivity contribution in [2.75, 3.05) is 19.8 Å². The second-order valence-corrected chi connectivity index (χ2v) is 5.66. The monoisotopic (exact) mass is 233 g/mol. The van der Waals surface area contributed by atoms with Crippen LogP contribution in [0, 0.1) is 5.41 Å². The number of aryl methyl sites for hydroxylation is 1. The Morgan fingerprint density at radius 3 is 3.00 bits per heavy atom. The lowest BCUT2D eigenvalue weighted by molar-refractivity contribution is -0.100. The van der Waals surface area contributed by atoms with Crippen LogP contribution in [-0.4, -0.2) is 24.9 Å². The summed E-state index contributed by atoms with van der Waals surface area (Å²) < 4.78 is 5.27. The van der Waals surface area contributed by atoms with Gasteiger partial charge in [0.2, 0.25) is 0 Å². The van der Waals surface area contributed by atoms with Gasteiger partial charge in [-0.2, -0.15) is 0 Å². The first-order valence-electron chi connectivity index (χ1n) is 6.29. The average Bonchev–Trinajstić information content (AvgIpc) is 2.66. The first-order chi connectivity index (χ1) is 8.16. The SMILES string of the molecule is CC1(CNC2CCc3cc(O)ccc32)COC1. The molecule has 1 aromatic carbocycles. The van der Waals surface area contributed by atoms with E-state index in [1.165, 1.54) is 11.1 Å². The quantitative estimate of drug-likeness (QED) is 0.839. The Kier molecular flexibility index (Phi) is 2.60. The highest BCUT2D eigenvalue weighted by atomic mass is 16.5. The molecule has 17 heavy (non-hydrogen) atoms. The molecule has 0 saturated carbocycles. The molecule has 1 atom stereocenters. The molecular weight excluding hydrogens is 214 g/mol. The Morgan fingerprint density at radius 1 is 1.47 bits per heavy atom. The van der Waals surface area contributed by atoms with Crippen LogP contribution in [0.25, 0.3) is 0 Å². The van der Waals surface area contributed by atoms with Crippen molar-refractivity contribution in [2.45, 2.75) is 25.8 Å². The fraction of sp³-hybridized carbons (Fsp3) is 0.571. The van der Waals surface area contributed by atoms with Gasteiger partial charge in [-0.25, -0.2) is 0 Å². The smallest absolute Gasteiger partial charge is 0.115 e. The number of hydrogen-bond donors (Lipinski definition) is 2. The van der Waals surface area contributed by atoms with E-state index >= 15 is 0 Å². The van der Waals surface area contributed by atoms with Crippen molar-refractivity contribution < 1.29 is 9.84 Å². The van der Waals surface area contributed by atoms with E-state index in [4.69, 9.17) is 4.74 Å². The fourth-order valence-corrected chi connectivity index (χ4v) is 2.74. The molecule has 2 N–H and O–H groups in total. The summed E-state index contributed by atoms with van der Waals surface area (Å²) in [6, 6.07) is 6.18. The molecule has 3 nitrogen and oxygen atoms in total. The van der Waals surface area contributed by atoms with Crippen molar-refractivity contribution in [1.82, 2.24) is 5.32 Å². The molecule has 0 aromatic heterocycles. The predicted molar refractivity (Wildman–Crippen MR) is 66.1 cm³/mol. The molecule has 1 fully saturated rings. The third-order valence-electron chi connectivity index (χ3n) is 3.88. The maximum Gasteiger partial charge on any atom is 0.115 e. The number of nitrogens with one attached hydrogen (secondary N) is 1. The van der Waals surface area contributed by atoms with E-state index in [9.17, 15) is 5.11 Å². The van der Waals surface area contributed by atoms with Crippen LogP contribution in [0.2, 0.25) is 0 Å². The summed E-state index contributed by atoms with van der Waals surface area (Å²) in [5.41, 5.74) is 2.96. The lowest BCUT2D eigenvalue weighted by atomic mass is 9.88. The number of aromatic hydroxyl groups is 1. The molecule has 1 unspecified atom stereocenters. The second kappa shape index (κ2) is 4.00. The maximum atomic E-state index is 9.45. The fourth-order valence-electron chi connectivity index (χ4n) is 2.74. The van der Waals surface area contributed by atoms with E-state index < -0.39 is 0 Å². The van der Waals surface area contributed by atoms with Crippen molar-refractivity contribution in [3.63, 3.8) is 0 Å². The third-order valence-corrected chi connectivity index (χ3v) is 3.88. The molecular formula is C14H19NO2. The Bertz CT molecular complexity index is 426. The van der Waals surface area contributed by atoms with E-state index in [2.05, 4.69) is 18.3 Å². The molecule has 3 rings (SSSR count). The molecule has 0 bridgehead atoms. The van der Waals surface area contributed by atoms with Gasteiger partial charge < -0.3 is 15.2 Å². The van der Waals surface area contributed by atoms with Gasteiger partial charge >= 0.3 is 0 Å². The molecule has 0 radical (unpaired) electrons. The number of phenolic OH excluding ortho intramolecular Hbond substituents is 1. The van der Waals surface area contributed by atoms with Gasteiger partial charge in [-0.1, -0.05) is 13.0 Å². The zero-order chi connectivity index (χ0) is 11.9. The zero-order valence-electron chi connectivity index (χ0n) is 10.2. The van der Waals surface area contributed by atoms with E-state index in [0.717, 1.165) is 32.6 Å². The molecule has 1 aliphatic carbocycles. The summed E-state index contributed by atoms with van der Waals surface area (Å²) in [5.74, 6) is 0.378. The number of hydrogen-bond acceptors (Lipinski definition) is 3. The number of fused-ring (bicyclic) bond motifs is 1. The largest absolute Gasteiger partial charge is 0.508 e. The van der Waals surface area contributed by atoms with Gasteiger partial charge in [0.15, 0.2) is 0 Å². The molecule has 0 amide bonds. The Balaban J connectivity index is 1.67. The highest BCUT2D eigenvalue weighted by Crippen LogP contribution is 2.34. The number of rotatable bonds is 3. The molecule has 1 heterocycles. The Morgan fingerprint density at radius 2 is 2.29 bits per heavy atom. The van der Waals surface area contributed by atoms with Gasteiger partial charge in [0.25, 0.3) is 0 Å². The second-order valence-electron chi connectivity index (χ2n) is 5.66. The van der Waals surface area contributed by atoms with Crippen molar-refractivity contribution in [1.29, 1.82) is 0 Å². The lowest BCUT2D eigenvalue weighted by Crippen LogP contribution is -2.47. The number of benzene rings is 1. The summed E-state index contributed by atoms with van der Waals surface area (Å²) in [5, 5.41) is 13.1. The first kappa shape index (κ1) is 11.1. The molecule has 92 valence electrons. The van der Waals surface area contributed by atoms with Gasteiger partial charge in [0.05, 0.1) is 13.2 Å². The highest BCUT2D eigenvalue weighted by Gasteiger charge is 2.34. The normalized spacial score (nSPS) is 25.4. The average molecular weight is 233 g/mol. The summed E-state index contributed by atoms with van der Waals surface area (Å²) in [6.45, 7) is 5.01. The topological polar surface area (TPSA) is 41.5 Å². The highest BCUT2D eigenvalue weighted by molar-refractivity contribution is 5.40. The van der Waals surface area contributed by atoms with Crippen molar-refractivity contribution in [3.05, 3.63) is 29.3 Å².